The van der Waals surface area contributed by atoms with Crippen LogP contribution in [0.3, 0.4) is 0 Å². The average Bonchev–Trinajstić information content (AvgIpc) is 2.00. The molecule has 2 nitrogen and oxygen atoms in total. The van der Waals surface area contributed by atoms with Gasteiger partial charge in [-0.25, -0.2) is 0 Å². The second-order valence-corrected chi connectivity index (χ2v) is 4.73. The molecule has 0 N–H and O–H groups in total. The number of hydrogen-bond acceptors (Lipinski definition) is 2. The summed E-state index contributed by atoms with van der Waals surface area (Å²) in [6.45, 7) is 10.5. The molecular formula is C11H22O2. The van der Waals surface area contributed by atoms with Gasteiger partial charge in [0.2, 0.25) is 0 Å². The Hall–Kier alpha value is -0.0800. The fourth-order valence-corrected chi connectivity index (χ4v) is 1.77. The van der Waals surface area contributed by atoms with Gasteiger partial charge in [0.05, 0.1) is 13.2 Å². The maximum Gasteiger partial charge on any atom is 0.159 e. The molecule has 0 saturated carbocycles. The highest BCUT2D eigenvalue weighted by atomic mass is 16.7. The predicted molar refractivity (Wildman–Crippen MR) is 53.5 cm³/mol. The van der Waals surface area contributed by atoms with E-state index in [0.717, 1.165) is 13.2 Å². The minimum Gasteiger partial charge on any atom is -0.352 e. The zero-order valence-electron chi connectivity index (χ0n) is 9.25. The van der Waals surface area contributed by atoms with Gasteiger partial charge in [0.25, 0.3) is 0 Å². The van der Waals surface area contributed by atoms with Crippen LogP contribution in [0.25, 0.3) is 0 Å². The molecule has 1 rings (SSSR count). The van der Waals surface area contributed by atoms with Crippen LogP contribution < -0.4 is 0 Å². The standard InChI is InChI=1S/C11H22O2/c1-8(2)11-12-6-9(3)5-10(4)7-13-11/h8-11H,5-7H2,1-4H3. The molecular weight excluding hydrogens is 164 g/mol. The van der Waals surface area contributed by atoms with Gasteiger partial charge in [-0.05, 0) is 18.3 Å². The van der Waals surface area contributed by atoms with Crippen molar-refractivity contribution in [3.05, 3.63) is 0 Å². The zero-order chi connectivity index (χ0) is 9.84. The molecule has 1 saturated heterocycles. The third-order valence-corrected chi connectivity index (χ3v) is 2.44. The van der Waals surface area contributed by atoms with Gasteiger partial charge in [0, 0.05) is 5.92 Å². The van der Waals surface area contributed by atoms with Crippen molar-refractivity contribution >= 4 is 0 Å². The predicted octanol–water partition coefficient (Wildman–Crippen LogP) is 2.68. The highest BCUT2D eigenvalue weighted by Gasteiger charge is 2.21. The van der Waals surface area contributed by atoms with E-state index in [1.807, 2.05) is 0 Å². The van der Waals surface area contributed by atoms with Crippen molar-refractivity contribution in [2.24, 2.45) is 17.8 Å². The molecule has 0 spiro atoms. The summed E-state index contributed by atoms with van der Waals surface area (Å²) in [5.41, 5.74) is 0. The lowest BCUT2D eigenvalue weighted by atomic mass is 9.98. The lowest BCUT2D eigenvalue weighted by Crippen LogP contribution is -2.31. The smallest absolute Gasteiger partial charge is 0.159 e. The first kappa shape index (κ1) is 11.0. The second kappa shape index (κ2) is 4.97. The van der Waals surface area contributed by atoms with Crippen LogP contribution in [0.4, 0.5) is 0 Å². The molecule has 1 fully saturated rings. The lowest BCUT2D eigenvalue weighted by Gasteiger charge is -2.29. The Bertz CT molecular complexity index is 133. The van der Waals surface area contributed by atoms with Crippen molar-refractivity contribution < 1.29 is 9.47 Å². The third-order valence-electron chi connectivity index (χ3n) is 2.44. The van der Waals surface area contributed by atoms with Crippen molar-refractivity contribution in [1.29, 1.82) is 0 Å². The fraction of sp³-hybridized carbons (Fsp3) is 1.00. The molecule has 1 heterocycles. The zero-order valence-corrected chi connectivity index (χ0v) is 9.25. The molecule has 0 radical (unpaired) electrons. The molecule has 0 bridgehead atoms. The Kier molecular flexibility index (Phi) is 4.20. The molecule has 0 aliphatic carbocycles. The Morgan fingerprint density at radius 1 is 1.00 bits per heavy atom. The monoisotopic (exact) mass is 186 g/mol. The molecule has 0 aromatic rings. The van der Waals surface area contributed by atoms with E-state index in [2.05, 4.69) is 27.7 Å². The van der Waals surface area contributed by atoms with E-state index in [4.69, 9.17) is 9.47 Å². The van der Waals surface area contributed by atoms with Gasteiger partial charge >= 0.3 is 0 Å². The van der Waals surface area contributed by atoms with Crippen molar-refractivity contribution in [2.45, 2.75) is 40.4 Å². The van der Waals surface area contributed by atoms with Crippen molar-refractivity contribution in [1.82, 2.24) is 0 Å². The quantitative estimate of drug-likeness (QED) is 0.627. The highest BCUT2D eigenvalue weighted by molar-refractivity contribution is 4.63. The summed E-state index contributed by atoms with van der Waals surface area (Å²) in [4.78, 5) is 0. The van der Waals surface area contributed by atoms with E-state index in [1.54, 1.807) is 0 Å². The Morgan fingerprint density at radius 3 is 1.85 bits per heavy atom. The molecule has 1 aliphatic heterocycles. The van der Waals surface area contributed by atoms with Crippen LogP contribution in [0.1, 0.15) is 34.1 Å². The van der Waals surface area contributed by atoms with Crippen LogP contribution >= 0.6 is 0 Å². The van der Waals surface area contributed by atoms with Crippen LogP contribution in [0, 0.1) is 17.8 Å². The summed E-state index contributed by atoms with van der Waals surface area (Å²) >= 11 is 0. The highest BCUT2D eigenvalue weighted by Crippen LogP contribution is 2.20. The minimum atomic E-state index is 0.00481. The van der Waals surface area contributed by atoms with Crippen LogP contribution in [0.15, 0.2) is 0 Å². The van der Waals surface area contributed by atoms with Crippen LogP contribution in [-0.4, -0.2) is 19.5 Å². The summed E-state index contributed by atoms with van der Waals surface area (Å²) in [7, 11) is 0. The molecule has 2 atom stereocenters. The van der Waals surface area contributed by atoms with Crippen LogP contribution in [0.5, 0.6) is 0 Å². The second-order valence-electron chi connectivity index (χ2n) is 4.73. The van der Waals surface area contributed by atoms with E-state index in [1.165, 1.54) is 6.42 Å². The normalized spacial score (nSPS) is 37.2. The molecule has 2 heteroatoms. The summed E-state index contributed by atoms with van der Waals surface area (Å²) in [6.07, 6.45) is 1.22. The van der Waals surface area contributed by atoms with E-state index in [9.17, 15) is 0 Å². The first-order chi connectivity index (χ1) is 6.09. The van der Waals surface area contributed by atoms with Crippen molar-refractivity contribution in [3.8, 4) is 0 Å². The minimum absolute atomic E-state index is 0.00481. The van der Waals surface area contributed by atoms with Gasteiger partial charge in [-0.1, -0.05) is 27.7 Å². The van der Waals surface area contributed by atoms with Gasteiger partial charge < -0.3 is 9.47 Å². The maximum absolute atomic E-state index is 5.68. The third kappa shape index (κ3) is 3.65. The number of ether oxygens (including phenoxy) is 2. The molecule has 13 heavy (non-hydrogen) atoms. The van der Waals surface area contributed by atoms with E-state index >= 15 is 0 Å². The van der Waals surface area contributed by atoms with Crippen LogP contribution in [0.2, 0.25) is 0 Å². The molecule has 0 amide bonds. The van der Waals surface area contributed by atoms with Crippen molar-refractivity contribution in [3.63, 3.8) is 0 Å². The molecule has 78 valence electrons. The Balaban J connectivity index is 2.43. The maximum atomic E-state index is 5.68. The topological polar surface area (TPSA) is 18.5 Å². The van der Waals surface area contributed by atoms with E-state index in [0.29, 0.717) is 17.8 Å². The average molecular weight is 186 g/mol. The first-order valence-corrected chi connectivity index (χ1v) is 5.32. The molecule has 1 aliphatic rings. The van der Waals surface area contributed by atoms with Gasteiger partial charge in [-0.15, -0.1) is 0 Å². The summed E-state index contributed by atoms with van der Waals surface area (Å²) in [6, 6.07) is 0. The Morgan fingerprint density at radius 2 is 1.46 bits per heavy atom. The summed E-state index contributed by atoms with van der Waals surface area (Å²) < 4.78 is 11.4. The molecule has 0 aromatic carbocycles. The summed E-state index contributed by atoms with van der Waals surface area (Å²) in [5.74, 6) is 1.79. The van der Waals surface area contributed by atoms with Gasteiger partial charge in [0.1, 0.15) is 0 Å². The molecule has 0 aromatic heterocycles. The lowest BCUT2D eigenvalue weighted by molar-refractivity contribution is -0.189. The SMILES string of the molecule is CC1COC(C(C)C)OCC(C)C1. The van der Waals surface area contributed by atoms with Gasteiger partial charge in [-0.3, -0.25) is 0 Å². The fourth-order valence-electron chi connectivity index (χ4n) is 1.77. The van der Waals surface area contributed by atoms with E-state index in [-0.39, 0.29) is 6.29 Å². The van der Waals surface area contributed by atoms with Crippen molar-refractivity contribution in [2.75, 3.05) is 13.2 Å². The summed E-state index contributed by atoms with van der Waals surface area (Å²) in [5, 5.41) is 0. The van der Waals surface area contributed by atoms with Crippen LogP contribution in [-0.2, 0) is 9.47 Å². The van der Waals surface area contributed by atoms with Gasteiger partial charge in [-0.2, -0.15) is 0 Å². The number of rotatable bonds is 1. The Labute approximate surface area is 81.6 Å². The van der Waals surface area contributed by atoms with Gasteiger partial charge in [0.15, 0.2) is 6.29 Å². The van der Waals surface area contributed by atoms with E-state index < -0.39 is 0 Å². The first-order valence-electron chi connectivity index (χ1n) is 5.32. The number of hydrogen-bond donors (Lipinski definition) is 0. The largest absolute Gasteiger partial charge is 0.352 e. The molecule has 2 unspecified atom stereocenters.